The summed E-state index contributed by atoms with van der Waals surface area (Å²) in [4.78, 5) is 42.8. The minimum Gasteiger partial charge on any atom is -0.479 e. The summed E-state index contributed by atoms with van der Waals surface area (Å²) < 4.78 is 39.2. The van der Waals surface area contributed by atoms with Crippen LogP contribution in [-0.4, -0.2) is 51.3 Å². The molecule has 1 unspecified atom stereocenters. The number of thioether (sulfide) groups is 1. The summed E-state index contributed by atoms with van der Waals surface area (Å²) in [6, 6.07) is 18.0. The maximum Gasteiger partial charge on any atom is 0.446 e. The summed E-state index contributed by atoms with van der Waals surface area (Å²) in [5.41, 5.74) is -1.34. The van der Waals surface area contributed by atoms with Gasteiger partial charge in [0, 0.05) is 16.1 Å². The molecule has 1 fully saturated rings. The SMILES string of the molecule is O=C(NCC(O)C(=O)O)c1ccc(CN(C(=O)Nc2nc3cc(SC(F)(F)F)ccc3s2)c2ccc(C3CCCCC3)cc2)cc1. The Labute approximate surface area is 270 Å². The molecule has 4 aromatic rings. The van der Waals surface area contributed by atoms with Crippen LogP contribution in [0.5, 0.6) is 0 Å². The Balaban J connectivity index is 1.35. The molecule has 0 bridgehead atoms. The molecule has 0 spiro atoms. The predicted molar refractivity (Wildman–Crippen MR) is 171 cm³/mol. The molecule has 3 aromatic carbocycles. The largest absolute Gasteiger partial charge is 0.479 e. The van der Waals surface area contributed by atoms with Gasteiger partial charge in [0.1, 0.15) is 0 Å². The standard InChI is InChI=1S/C32H31F3N4O5S2/c33-32(34,35)46-24-14-15-27-25(16-24)37-30(45-27)38-31(44)39(23-12-10-21(11-13-23)20-4-2-1-3-5-20)18-19-6-8-22(9-7-19)28(41)36-17-26(40)29(42)43/h6-16,20,26,40H,1-5,17-18H2,(H,36,41)(H,42,43)(H,37,38,44). The molecule has 4 N–H and O–H groups in total. The average molecular weight is 673 g/mol. The van der Waals surface area contributed by atoms with Gasteiger partial charge in [0.25, 0.3) is 5.91 Å². The fourth-order valence-electron chi connectivity index (χ4n) is 5.28. The van der Waals surface area contributed by atoms with Gasteiger partial charge in [-0.15, -0.1) is 0 Å². The number of carboxylic acid groups (broad SMARTS) is 1. The zero-order chi connectivity index (χ0) is 32.8. The molecule has 0 aliphatic heterocycles. The third kappa shape index (κ3) is 8.77. The van der Waals surface area contributed by atoms with Crippen LogP contribution in [0.25, 0.3) is 10.2 Å². The van der Waals surface area contributed by atoms with Crippen molar-refractivity contribution in [3.63, 3.8) is 0 Å². The number of rotatable bonds is 10. The highest BCUT2D eigenvalue weighted by atomic mass is 32.2. The van der Waals surface area contributed by atoms with E-state index in [1.807, 2.05) is 24.3 Å². The number of aliphatic carboxylic acids is 1. The highest BCUT2D eigenvalue weighted by molar-refractivity contribution is 8.00. The lowest BCUT2D eigenvalue weighted by Crippen LogP contribution is -2.36. The lowest BCUT2D eigenvalue weighted by Gasteiger charge is -2.25. The quantitative estimate of drug-likeness (QED) is 0.129. The van der Waals surface area contributed by atoms with Gasteiger partial charge in [-0.05, 0) is 84.1 Å². The monoisotopic (exact) mass is 672 g/mol. The van der Waals surface area contributed by atoms with E-state index in [2.05, 4.69) is 15.6 Å². The molecule has 1 aromatic heterocycles. The second-order valence-corrected chi connectivity index (χ2v) is 13.1. The maximum absolute atomic E-state index is 13.7. The number of fused-ring (bicyclic) bond motifs is 1. The van der Waals surface area contributed by atoms with Crippen molar-refractivity contribution in [3.05, 3.63) is 83.4 Å². The molecule has 9 nitrogen and oxygen atoms in total. The van der Waals surface area contributed by atoms with E-state index in [-0.39, 0.29) is 33.9 Å². The number of hydrogen-bond acceptors (Lipinski definition) is 7. The number of carbonyl (C=O) groups excluding carboxylic acids is 2. The Hall–Kier alpha value is -4.14. The molecule has 0 radical (unpaired) electrons. The Morgan fingerprint density at radius 2 is 1.70 bits per heavy atom. The predicted octanol–water partition coefficient (Wildman–Crippen LogP) is 7.37. The summed E-state index contributed by atoms with van der Waals surface area (Å²) in [5.74, 6) is -1.53. The number of amides is 3. The van der Waals surface area contributed by atoms with Gasteiger partial charge in [0.2, 0.25) is 0 Å². The number of halogens is 3. The van der Waals surface area contributed by atoms with Gasteiger partial charge >= 0.3 is 17.5 Å². The highest BCUT2D eigenvalue weighted by Crippen LogP contribution is 2.39. The van der Waals surface area contributed by atoms with Crippen LogP contribution in [0.1, 0.15) is 59.5 Å². The van der Waals surface area contributed by atoms with Crippen molar-refractivity contribution < 1.29 is 37.8 Å². The highest BCUT2D eigenvalue weighted by Gasteiger charge is 2.29. The smallest absolute Gasteiger partial charge is 0.446 e. The summed E-state index contributed by atoms with van der Waals surface area (Å²) in [6.45, 7) is -0.333. The van der Waals surface area contributed by atoms with Crippen LogP contribution in [0.4, 0.5) is 28.8 Å². The molecule has 1 aliphatic rings. The summed E-state index contributed by atoms with van der Waals surface area (Å²) >= 11 is 0.917. The number of alkyl halides is 3. The topological polar surface area (TPSA) is 132 Å². The number of nitrogens with one attached hydrogen (secondary N) is 2. The molecule has 5 rings (SSSR count). The van der Waals surface area contributed by atoms with Crippen LogP contribution in [0.3, 0.4) is 0 Å². The number of aromatic nitrogens is 1. The van der Waals surface area contributed by atoms with Crippen LogP contribution in [0.15, 0.2) is 71.6 Å². The van der Waals surface area contributed by atoms with Gasteiger partial charge in [0.05, 0.1) is 23.3 Å². The van der Waals surface area contributed by atoms with Crippen molar-refractivity contribution in [1.29, 1.82) is 0 Å². The lowest BCUT2D eigenvalue weighted by atomic mass is 9.84. The minimum atomic E-state index is -4.43. The number of urea groups is 1. The molecular formula is C32H31F3N4O5S2. The fraction of sp³-hybridized carbons (Fsp3) is 0.312. The number of nitrogens with zero attached hydrogens (tertiary/aromatic N) is 2. The minimum absolute atomic E-state index is 0.00180. The third-order valence-corrected chi connectivity index (χ3v) is 9.30. The van der Waals surface area contributed by atoms with E-state index < -0.39 is 36.1 Å². The number of aliphatic hydroxyl groups excluding tert-OH is 1. The van der Waals surface area contributed by atoms with Crippen molar-refractivity contribution in [2.75, 3.05) is 16.8 Å². The van der Waals surface area contributed by atoms with E-state index in [4.69, 9.17) is 5.11 Å². The molecule has 46 heavy (non-hydrogen) atoms. The normalized spacial score (nSPS) is 14.5. The van der Waals surface area contributed by atoms with Crippen LogP contribution < -0.4 is 15.5 Å². The van der Waals surface area contributed by atoms with Crippen molar-refractivity contribution in [1.82, 2.24) is 10.3 Å². The first kappa shape index (κ1) is 33.2. The molecule has 1 saturated carbocycles. The van der Waals surface area contributed by atoms with Gasteiger partial charge in [-0.25, -0.2) is 14.6 Å². The number of thiazole rings is 1. The van der Waals surface area contributed by atoms with E-state index in [0.29, 0.717) is 27.4 Å². The molecule has 3 amide bonds. The van der Waals surface area contributed by atoms with E-state index in [0.717, 1.165) is 24.2 Å². The molecule has 242 valence electrons. The van der Waals surface area contributed by atoms with Gasteiger partial charge in [0.15, 0.2) is 11.2 Å². The zero-order valence-electron chi connectivity index (χ0n) is 24.4. The van der Waals surface area contributed by atoms with Gasteiger partial charge < -0.3 is 15.5 Å². The molecule has 14 heteroatoms. The lowest BCUT2D eigenvalue weighted by molar-refractivity contribution is -0.146. The van der Waals surface area contributed by atoms with E-state index in [1.165, 1.54) is 54.0 Å². The third-order valence-electron chi connectivity index (χ3n) is 7.63. The second kappa shape index (κ2) is 14.5. The van der Waals surface area contributed by atoms with Crippen molar-refractivity contribution >= 4 is 62.0 Å². The van der Waals surface area contributed by atoms with E-state index >= 15 is 0 Å². The number of hydrogen-bond donors (Lipinski definition) is 4. The zero-order valence-corrected chi connectivity index (χ0v) is 26.1. The van der Waals surface area contributed by atoms with Crippen molar-refractivity contribution in [2.45, 2.75) is 61.1 Å². The van der Waals surface area contributed by atoms with Gasteiger partial charge in [-0.1, -0.05) is 54.9 Å². The van der Waals surface area contributed by atoms with Gasteiger partial charge in [-0.3, -0.25) is 15.0 Å². The first-order valence-electron chi connectivity index (χ1n) is 14.6. The summed E-state index contributed by atoms with van der Waals surface area (Å²) in [6.07, 6.45) is 4.14. The molecule has 1 heterocycles. The van der Waals surface area contributed by atoms with Gasteiger partial charge in [-0.2, -0.15) is 13.2 Å². The number of anilines is 2. The molecular weight excluding hydrogens is 642 g/mol. The van der Waals surface area contributed by atoms with E-state index in [1.54, 1.807) is 18.2 Å². The van der Waals surface area contributed by atoms with Crippen molar-refractivity contribution in [2.24, 2.45) is 0 Å². The number of carboxylic acids is 1. The number of benzene rings is 3. The summed E-state index contributed by atoms with van der Waals surface area (Å²) in [7, 11) is 0. The Morgan fingerprint density at radius 3 is 2.35 bits per heavy atom. The fourth-order valence-corrected chi connectivity index (χ4v) is 6.69. The maximum atomic E-state index is 13.7. The number of carbonyl (C=O) groups is 3. The molecule has 0 saturated heterocycles. The Morgan fingerprint density at radius 1 is 1.00 bits per heavy atom. The van der Waals surface area contributed by atoms with Crippen LogP contribution in [-0.2, 0) is 11.3 Å². The van der Waals surface area contributed by atoms with Crippen LogP contribution in [0, 0.1) is 0 Å². The first-order chi connectivity index (χ1) is 21.9. The van der Waals surface area contributed by atoms with E-state index in [9.17, 15) is 32.7 Å². The van der Waals surface area contributed by atoms with Crippen molar-refractivity contribution in [3.8, 4) is 0 Å². The van der Waals surface area contributed by atoms with Crippen LogP contribution >= 0.6 is 23.1 Å². The second-order valence-electron chi connectivity index (χ2n) is 10.9. The van der Waals surface area contributed by atoms with Crippen LogP contribution in [0.2, 0.25) is 0 Å². The average Bonchev–Trinajstić information content (AvgIpc) is 3.43. The Bertz CT molecular complexity index is 1690. The molecule has 1 aliphatic carbocycles. The number of aliphatic hydroxyl groups is 1. The summed E-state index contributed by atoms with van der Waals surface area (Å²) in [5, 5.41) is 23.6. The first-order valence-corrected chi connectivity index (χ1v) is 16.2. The molecule has 1 atom stereocenters. The Kier molecular flexibility index (Phi) is 10.5.